The van der Waals surface area contributed by atoms with Crippen molar-refractivity contribution >= 4 is 33.5 Å². The van der Waals surface area contributed by atoms with Crippen molar-refractivity contribution in [3.05, 3.63) is 84.2 Å². The maximum atomic E-state index is 12.1. The van der Waals surface area contributed by atoms with Crippen LogP contribution in [0.15, 0.2) is 72.9 Å². The maximum absolute atomic E-state index is 12.1. The van der Waals surface area contributed by atoms with Crippen molar-refractivity contribution in [3.8, 4) is 16.9 Å². The van der Waals surface area contributed by atoms with Crippen molar-refractivity contribution in [2.75, 3.05) is 12.3 Å². The second-order valence-electron chi connectivity index (χ2n) is 8.88. The highest BCUT2D eigenvalue weighted by Crippen LogP contribution is 2.33. The van der Waals surface area contributed by atoms with E-state index in [0.717, 1.165) is 57.0 Å². The Balaban J connectivity index is 1.52. The number of benzene rings is 3. The van der Waals surface area contributed by atoms with Crippen LogP contribution in [0.1, 0.15) is 31.5 Å². The lowest BCUT2D eigenvalue weighted by molar-refractivity contribution is -0.142. The van der Waals surface area contributed by atoms with Crippen LogP contribution in [-0.4, -0.2) is 27.3 Å². The fourth-order valence-electron chi connectivity index (χ4n) is 4.69. The molecule has 188 valence electrons. The van der Waals surface area contributed by atoms with Crippen molar-refractivity contribution in [1.82, 2.24) is 14.8 Å². The molecule has 2 aromatic heterocycles. The van der Waals surface area contributed by atoms with Gasteiger partial charge in [-0.1, -0.05) is 49.4 Å². The largest absolute Gasteiger partial charge is 0.487 e. The average Bonchev–Trinajstić information content (AvgIpc) is 3.25. The van der Waals surface area contributed by atoms with Gasteiger partial charge in [0.25, 0.3) is 0 Å². The molecule has 0 aliphatic carbocycles. The summed E-state index contributed by atoms with van der Waals surface area (Å²) in [6, 6.07) is 22.1. The first-order valence-corrected chi connectivity index (χ1v) is 12.6. The molecule has 7 nitrogen and oxygen atoms in total. The van der Waals surface area contributed by atoms with Crippen LogP contribution in [0.4, 0.5) is 5.82 Å². The highest BCUT2D eigenvalue weighted by atomic mass is 16.5. The number of aryl methyl sites for hydroxylation is 1. The number of hydrogen-bond acceptors (Lipinski definition) is 6. The molecule has 0 amide bonds. The van der Waals surface area contributed by atoms with Gasteiger partial charge in [-0.05, 0) is 54.1 Å². The minimum Gasteiger partial charge on any atom is -0.487 e. The number of ether oxygens (including phenoxy) is 2. The van der Waals surface area contributed by atoms with E-state index in [-0.39, 0.29) is 19.0 Å². The molecule has 2 N–H and O–H groups in total. The van der Waals surface area contributed by atoms with Gasteiger partial charge in [-0.15, -0.1) is 0 Å². The fraction of sp³-hybridized carbons (Fsp3) is 0.233. The molecular weight excluding hydrogens is 464 g/mol. The first kappa shape index (κ1) is 24.3. The van der Waals surface area contributed by atoms with Gasteiger partial charge >= 0.3 is 5.97 Å². The number of pyridine rings is 1. The van der Waals surface area contributed by atoms with E-state index in [0.29, 0.717) is 18.2 Å². The van der Waals surface area contributed by atoms with Crippen molar-refractivity contribution in [1.29, 1.82) is 0 Å². The molecular formula is C30H30N4O3. The van der Waals surface area contributed by atoms with Gasteiger partial charge in [0.15, 0.2) is 0 Å². The second-order valence-corrected chi connectivity index (χ2v) is 8.88. The molecule has 0 aliphatic rings. The Morgan fingerprint density at radius 1 is 0.973 bits per heavy atom. The first-order valence-electron chi connectivity index (χ1n) is 12.6. The summed E-state index contributed by atoms with van der Waals surface area (Å²) in [5.74, 6) is 0.903. The number of fused-ring (bicyclic) bond motifs is 2. The summed E-state index contributed by atoms with van der Waals surface area (Å²) in [6.45, 7) is 5.38. The van der Waals surface area contributed by atoms with Gasteiger partial charge in [0, 0.05) is 29.1 Å². The topological polar surface area (TPSA) is 92.3 Å². The van der Waals surface area contributed by atoms with Crippen molar-refractivity contribution in [2.45, 2.75) is 39.8 Å². The summed E-state index contributed by atoms with van der Waals surface area (Å²) >= 11 is 0. The lowest BCUT2D eigenvalue weighted by Crippen LogP contribution is -2.09. The highest BCUT2D eigenvalue weighted by Gasteiger charge is 2.15. The lowest BCUT2D eigenvalue weighted by Gasteiger charge is -2.11. The number of anilines is 1. The van der Waals surface area contributed by atoms with E-state index in [4.69, 9.17) is 20.3 Å². The molecule has 0 fully saturated rings. The minimum absolute atomic E-state index is 0.165. The number of esters is 1. The zero-order chi connectivity index (χ0) is 25.8. The number of carbonyl (C=O) groups excluding carboxylic acids is 1. The Kier molecular flexibility index (Phi) is 7.03. The number of nitrogens with two attached hydrogens (primary N) is 1. The van der Waals surface area contributed by atoms with Crippen molar-refractivity contribution in [2.24, 2.45) is 0 Å². The number of nitrogen functional groups attached to an aromatic ring is 1. The van der Waals surface area contributed by atoms with Gasteiger partial charge in [0.1, 0.15) is 23.9 Å². The molecule has 0 spiro atoms. The third-order valence-electron chi connectivity index (χ3n) is 6.39. The third kappa shape index (κ3) is 4.98. The van der Waals surface area contributed by atoms with Gasteiger partial charge in [-0.3, -0.25) is 9.48 Å². The Labute approximate surface area is 215 Å². The summed E-state index contributed by atoms with van der Waals surface area (Å²) in [7, 11) is 0. The van der Waals surface area contributed by atoms with Crippen LogP contribution in [0.2, 0.25) is 0 Å². The van der Waals surface area contributed by atoms with E-state index in [1.165, 1.54) is 0 Å². The van der Waals surface area contributed by atoms with Crippen LogP contribution >= 0.6 is 0 Å². The van der Waals surface area contributed by atoms with E-state index >= 15 is 0 Å². The highest BCUT2D eigenvalue weighted by molar-refractivity contribution is 6.02. The van der Waals surface area contributed by atoms with E-state index in [1.807, 2.05) is 47.1 Å². The normalized spacial score (nSPS) is 11.2. The Hall–Kier alpha value is -4.39. The van der Waals surface area contributed by atoms with Gasteiger partial charge in [0.2, 0.25) is 0 Å². The standard InChI is InChI=1S/C30H30N4O3/c1-3-16-34-27-13-12-20(22-9-7-10-24-23(22)14-15-32-30(24)31)17-25(27)26(33-34)19-37-28-11-6-5-8-21(28)18-29(35)36-4-2/h5-15,17H,3-4,16,18-19H2,1-2H3,(H2,31,32). The molecule has 37 heavy (non-hydrogen) atoms. The zero-order valence-corrected chi connectivity index (χ0v) is 21.1. The minimum atomic E-state index is -0.271. The van der Waals surface area contributed by atoms with Crippen LogP contribution in [-0.2, 0) is 29.1 Å². The third-order valence-corrected chi connectivity index (χ3v) is 6.39. The van der Waals surface area contributed by atoms with Crippen LogP contribution < -0.4 is 10.5 Å². The summed E-state index contributed by atoms with van der Waals surface area (Å²) in [6.07, 6.45) is 2.88. The molecule has 0 aliphatic heterocycles. The van der Waals surface area contributed by atoms with Crippen LogP contribution in [0.25, 0.3) is 32.8 Å². The molecule has 7 heteroatoms. The number of hydrogen-bond donors (Lipinski definition) is 1. The van der Waals surface area contributed by atoms with E-state index in [9.17, 15) is 4.79 Å². The van der Waals surface area contributed by atoms with Crippen LogP contribution in [0.5, 0.6) is 5.75 Å². The quantitative estimate of drug-likeness (QED) is 0.255. The Morgan fingerprint density at radius 2 is 1.84 bits per heavy atom. The maximum Gasteiger partial charge on any atom is 0.310 e. The molecule has 0 atom stereocenters. The second kappa shape index (κ2) is 10.7. The molecule has 2 heterocycles. The molecule has 0 radical (unpaired) electrons. The molecule has 0 unspecified atom stereocenters. The van der Waals surface area contributed by atoms with Crippen LogP contribution in [0.3, 0.4) is 0 Å². The zero-order valence-electron chi connectivity index (χ0n) is 21.1. The predicted molar refractivity (Wildman–Crippen MR) is 146 cm³/mol. The van der Waals surface area contributed by atoms with Crippen molar-refractivity contribution in [3.63, 3.8) is 0 Å². The average molecular weight is 495 g/mol. The molecule has 3 aromatic carbocycles. The number of para-hydroxylation sites is 1. The molecule has 5 rings (SSSR count). The van der Waals surface area contributed by atoms with Gasteiger partial charge in [-0.2, -0.15) is 5.10 Å². The predicted octanol–water partition coefficient (Wildman–Crippen LogP) is 5.93. The Morgan fingerprint density at radius 3 is 2.68 bits per heavy atom. The van der Waals surface area contributed by atoms with E-state index in [2.05, 4.69) is 36.2 Å². The van der Waals surface area contributed by atoms with Crippen molar-refractivity contribution < 1.29 is 14.3 Å². The first-order chi connectivity index (χ1) is 18.1. The van der Waals surface area contributed by atoms with E-state index in [1.54, 1.807) is 13.1 Å². The smallest absolute Gasteiger partial charge is 0.310 e. The van der Waals surface area contributed by atoms with Gasteiger partial charge in [0.05, 0.1) is 18.5 Å². The van der Waals surface area contributed by atoms with E-state index < -0.39 is 0 Å². The summed E-state index contributed by atoms with van der Waals surface area (Å²) in [4.78, 5) is 16.3. The molecule has 5 aromatic rings. The Bertz CT molecular complexity index is 1570. The number of carbonyl (C=O) groups is 1. The van der Waals surface area contributed by atoms with Gasteiger partial charge in [-0.25, -0.2) is 4.98 Å². The number of rotatable bonds is 9. The SMILES string of the molecule is CCCn1nc(COc2ccccc2CC(=O)OCC)c2cc(-c3cccc4c(N)nccc34)ccc21. The monoisotopic (exact) mass is 494 g/mol. The lowest BCUT2D eigenvalue weighted by atomic mass is 9.97. The molecule has 0 bridgehead atoms. The number of nitrogens with zero attached hydrogens (tertiary/aromatic N) is 3. The molecule has 0 saturated carbocycles. The number of aromatic nitrogens is 3. The van der Waals surface area contributed by atoms with Gasteiger partial charge < -0.3 is 15.2 Å². The fourth-order valence-corrected chi connectivity index (χ4v) is 4.69. The summed E-state index contributed by atoms with van der Waals surface area (Å²) < 4.78 is 13.4. The summed E-state index contributed by atoms with van der Waals surface area (Å²) in [5, 5.41) is 7.92. The summed E-state index contributed by atoms with van der Waals surface area (Å²) in [5.41, 5.74) is 11.0. The van der Waals surface area contributed by atoms with Crippen LogP contribution in [0, 0.1) is 0 Å². The molecule has 0 saturated heterocycles.